The van der Waals surface area contributed by atoms with E-state index in [1.54, 1.807) is 23.0 Å². The summed E-state index contributed by atoms with van der Waals surface area (Å²) < 4.78 is 6.89. The summed E-state index contributed by atoms with van der Waals surface area (Å²) in [5.41, 5.74) is 0.0144. The lowest BCUT2D eigenvalue weighted by Crippen LogP contribution is -2.31. The lowest BCUT2D eigenvalue weighted by atomic mass is 10.1. The van der Waals surface area contributed by atoms with Gasteiger partial charge in [-0.15, -0.1) is 0 Å². The minimum Gasteiger partial charge on any atom is -0.507 e. The summed E-state index contributed by atoms with van der Waals surface area (Å²) in [4.78, 5) is 24.8. The number of aromatic hydroxyl groups is 1. The average Bonchev–Trinajstić information content (AvgIpc) is 3.09. The fourth-order valence-corrected chi connectivity index (χ4v) is 2.72. The van der Waals surface area contributed by atoms with Crippen LogP contribution in [0.3, 0.4) is 0 Å². The Morgan fingerprint density at radius 1 is 1.11 bits per heavy atom. The third-order valence-corrected chi connectivity index (χ3v) is 4.15. The number of hydrogen-bond acceptors (Lipinski definition) is 5. The van der Waals surface area contributed by atoms with Crippen molar-refractivity contribution in [2.45, 2.75) is 32.9 Å². The third-order valence-electron chi connectivity index (χ3n) is 4.15. The first-order chi connectivity index (χ1) is 12.9. The molecule has 0 aliphatic rings. The van der Waals surface area contributed by atoms with E-state index in [1.165, 1.54) is 13.0 Å². The molecular weight excluding hydrogens is 346 g/mol. The average molecular weight is 367 g/mol. The van der Waals surface area contributed by atoms with Gasteiger partial charge in [0.25, 0.3) is 5.91 Å². The monoisotopic (exact) mass is 367 g/mol. The number of hydrogen-bond donors (Lipinski definition) is 2. The molecule has 7 heteroatoms. The predicted octanol–water partition coefficient (Wildman–Crippen LogP) is 3.51. The van der Waals surface area contributed by atoms with Crippen LogP contribution in [-0.2, 0) is 9.53 Å². The molecule has 140 valence electrons. The molecular formula is C20H21N3O4. The van der Waals surface area contributed by atoms with Gasteiger partial charge in [-0.3, -0.25) is 4.79 Å². The number of phenolic OH excluding ortho intramolecular Hbond substituents is 1. The predicted molar refractivity (Wildman–Crippen MR) is 102 cm³/mol. The van der Waals surface area contributed by atoms with Gasteiger partial charge in [0.05, 0.1) is 6.20 Å². The second-order valence-corrected chi connectivity index (χ2v) is 6.51. The first-order valence-electron chi connectivity index (χ1n) is 8.64. The fourth-order valence-electron chi connectivity index (χ4n) is 2.72. The highest BCUT2D eigenvalue weighted by Crippen LogP contribution is 2.26. The molecule has 2 N–H and O–H groups in total. The van der Waals surface area contributed by atoms with E-state index in [9.17, 15) is 14.7 Å². The van der Waals surface area contributed by atoms with Gasteiger partial charge in [0.15, 0.2) is 6.10 Å². The van der Waals surface area contributed by atoms with Crippen molar-refractivity contribution in [3.63, 3.8) is 0 Å². The first-order valence-corrected chi connectivity index (χ1v) is 8.64. The molecule has 0 saturated carbocycles. The summed E-state index contributed by atoms with van der Waals surface area (Å²) in [6.45, 7) is 5.35. The molecule has 0 unspecified atom stereocenters. The van der Waals surface area contributed by atoms with Crippen LogP contribution < -0.4 is 5.32 Å². The molecule has 7 nitrogen and oxygen atoms in total. The molecule has 0 bridgehead atoms. The van der Waals surface area contributed by atoms with Crippen LogP contribution in [0.15, 0.2) is 48.7 Å². The number of nitrogens with one attached hydrogen (secondary N) is 1. The number of carbonyl (C=O) groups excluding carboxylic acids is 2. The molecule has 0 saturated heterocycles. The fraction of sp³-hybridized carbons (Fsp3) is 0.250. The van der Waals surface area contributed by atoms with Crippen LogP contribution in [-0.4, -0.2) is 32.9 Å². The maximum absolute atomic E-state index is 12.4. The van der Waals surface area contributed by atoms with E-state index in [4.69, 9.17) is 4.74 Å². The highest BCUT2D eigenvalue weighted by atomic mass is 16.5. The molecule has 1 amide bonds. The molecule has 2 aromatic carbocycles. The summed E-state index contributed by atoms with van der Waals surface area (Å²) >= 11 is 0. The van der Waals surface area contributed by atoms with Gasteiger partial charge >= 0.3 is 5.97 Å². The summed E-state index contributed by atoms with van der Waals surface area (Å²) in [5, 5.41) is 18.6. The molecule has 1 atom stereocenters. The molecule has 0 radical (unpaired) electrons. The van der Waals surface area contributed by atoms with Crippen molar-refractivity contribution in [1.82, 2.24) is 9.78 Å². The van der Waals surface area contributed by atoms with Crippen LogP contribution in [0.5, 0.6) is 5.75 Å². The number of rotatable bonds is 5. The van der Waals surface area contributed by atoms with Crippen molar-refractivity contribution in [2.75, 3.05) is 5.32 Å². The maximum Gasteiger partial charge on any atom is 0.342 e. The zero-order valence-corrected chi connectivity index (χ0v) is 15.3. The van der Waals surface area contributed by atoms with Gasteiger partial charge in [-0.05, 0) is 43.7 Å². The quantitative estimate of drug-likeness (QED) is 0.673. The first kappa shape index (κ1) is 18.4. The number of anilines is 1. The van der Waals surface area contributed by atoms with E-state index in [1.807, 2.05) is 38.1 Å². The second-order valence-electron chi connectivity index (χ2n) is 6.51. The second kappa shape index (κ2) is 7.49. The lowest BCUT2D eigenvalue weighted by molar-refractivity contribution is -0.123. The normalized spacial score (nSPS) is 12.1. The molecule has 0 fully saturated rings. The smallest absolute Gasteiger partial charge is 0.342 e. The van der Waals surface area contributed by atoms with Crippen LogP contribution in [0, 0.1) is 0 Å². The van der Waals surface area contributed by atoms with Crippen LogP contribution in [0.1, 0.15) is 37.2 Å². The number of amides is 1. The standard InChI is InChI=1S/C20H21N3O4/c1-12(2)23-18(8-9-21-23)22-19(25)13(3)27-20(26)16-10-14-6-4-5-7-15(14)11-17(16)24/h4-13,24H,1-3H3,(H,22,25)/t13-/m0/s1. The maximum atomic E-state index is 12.4. The van der Waals surface area contributed by atoms with Gasteiger partial charge in [-0.25, -0.2) is 9.48 Å². The topological polar surface area (TPSA) is 93.5 Å². The highest BCUT2D eigenvalue weighted by molar-refractivity contribution is 6.01. The summed E-state index contributed by atoms with van der Waals surface area (Å²) in [6.07, 6.45) is 0.540. The summed E-state index contributed by atoms with van der Waals surface area (Å²) in [5.74, 6) is -0.917. The van der Waals surface area contributed by atoms with Gasteiger partial charge in [-0.2, -0.15) is 5.10 Å². The molecule has 1 aromatic heterocycles. The minimum atomic E-state index is -1.04. The highest BCUT2D eigenvalue weighted by Gasteiger charge is 2.22. The Morgan fingerprint density at radius 2 is 1.78 bits per heavy atom. The molecule has 1 heterocycles. The van der Waals surface area contributed by atoms with Gasteiger partial charge in [0.1, 0.15) is 17.1 Å². The van der Waals surface area contributed by atoms with Crippen molar-refractivity contribution < 1.29 is 19.4 Å². The number of nitrogens with zero attached hydrogens (tertiary/aromatic N) is 2. The SMILES string of the molecule is CC(C)n1nccc1NC(=O)[C@H](C)OC(=O)c1cc2ccccc2cc1O. The van der Waals surface area contributed by atoms with Crippen molar-refractivity contribution in [3.8, 4) is 5.75 Å². The molecule has 3 aromatic rings. The van der Waals surface area contributed by atoms with Crippen molar-refractivity contribution in [2.24, 2.45) is 0 Å². The van der Waals surface area contributed by atoms with Crippen LogP contribution in [0.2, 0.25) is 0 Å². The molecule has 0 aliphatic carbocycles. The van der Waals surface area contributed by atoms with E-state index in [0.717, 1.165) is 10.8 Å². The number of aromatic nitrogens is 2. The van der Waals surface area contributed by atoms with Crippen LogP contribution in [0.4, 0.5) is 5.82 Å². The Morgan fingerprint density at radius 3 is 2.44 bits per heavy atom. The summed E-state index contributed by atoms with van der Waals surface area (Å²) in [6, 6.07) is 12.1. The Labute approximate surface area is 156 Å². The Bertz CT molecular complexity index is 994. The number of carbonyl (C=O) groups is 2. The molecule has 0 spiro atoms. The third kappa shape index (κ3) is 3.92. The number of phenols is 1. The Kier molecular flexibility index (Phi) is 5.12. The van der Waals surface area contributed by atoms with E-state index >= 15 is 0 Å². The Hall–Kier alpha value is -3.35. The van der Waals surface area contributed by atoms with Gasteiger partial charge in [0, 0.05) is 12.1 Å². The summed E-state index contributed by atoms with van der Waals surface area (Å²) in [7, 11) is 0. The zero-order valence-electron chi connectivity index (χ0n) is 15.3. The van der Waals surface area contributed by atoms with Crippen LogP contribution >= 0.6 is 0 Å². The van der Waals surface area contributed by atoms with Crippen molar-refractivity contribution in [3.05, 3.63) is 54.2 Å². The largest absolute Gasteiger partial charge is 0.507 e. The zero-order chi connectivity index (χ0) is 19.6. The number of benzene rings is 2. The molecule has 0 aliphatic heterocycles. The van der Waals surface area contributed by atoms with E-state index in [-0.39, 0.29) is 17.4 Å². The Balaban J connectivity index is 1.72. The van der Waals surface area contributed by atoms with Crippen molar-refractivity contribution >= 4 is 28.5 Å². The molecule has 27 heavy (non-hydrogen) atoms. The van der Waals surface area contributed by atoms with Gasteiger partial charge < -0.3 is 15.2 Å². The lowest BCUT2D eigenvalue weighted by Gasteiger charge is -2.16. The number of ether oxygens (including phenoxy) is 1. The van der Waals surface area contributed by atoms with Gasteiger partial charge in [0.2, 0.25) is 0 Å². The van der Waals surface area contributed by atoms with Crippen molar-refractivity contribution in [1.29, 1.82) is 0 Å². The number of esters is 1. The number of fused-ring (bicyclic) bond motifs is 1. The van der Waals surface area contributed by atoms with E-state index < -0.39 is 18.0 Å². The van der Waals surface area contributed by atoms with E-state index in [0.29, 0.717) is 5.82 Å². The molecule has 3 rings (SSSR count). The van der Waals surface area contributed by atoms with Crippen LogP contribution in [0.25, 0.3) is 10.8 Å². The van der Waals surface area contributed by atoms with Gasteiger partial charge in [-0.1, -0.05) is 24.3 Å². The van der Waals surface area contributed by atoms with E-state index in [2.05, 4.69) is 10.4 Å². The minimum absolute atomic E-state index is 0.0144.